The summed E-state index contributed by atoms with van der Waals surface area (Å²) in [6.45, 7) is -0.115. The Hall–Kier alpha value is -2.79. The molecule has 0 bridgehead atoms. The van der Waals surface area contributed by atoms with Gasteiger partial charge in [-0.1, -0.05) is 0 Å². The van der Waals surface area contributed by atoms with Crippen LogP contribution in [-0.2, 0) is 27.8 Å². The van der Waals surface area contributed by atoms with E-state index in [1.165, 1.54) is 13.2 Å². The van der Waals surface area contributed by atoms with Crippen LogP contribution in [0.25, 0.3) is 0 Å². The van der Waals surface area contributed by atoms with E-state index >= 15 is 0 Å². The second-order valence-electron chi connectivity index (χ2n) is 6.12. The van der Waals surface area contributed by atoms with Gasteiger partial charge in [-0.2, -0.15) is 15.0 Å². The van der Waals surface area contributed by atoms with Crippen molar-refractivity contribution >= 4 is 27.6 Å². The highest BCUT2D eigenvalue weighted by molar-refractivity contribution is 7.89. The van der Waals surface area contributed by atoms with E-state index in [9.17, 15) is 13.2 Å². The number of ether oxygens (including phenoxy) is 1. The molecule has 3 rings (SSSR count). The van der Waals surface area contributed by atoms with Gasteiger partial charge in [-0.15, -0.1) is 0 Å². The molecule has 2 N–H and O–H groups in total. The van der Waals surface area contributed by atoms with Crippen molar-refractivity contribution < 1.29 is 17.9 Å². The fourth-order valence-electron chi connectivity index (χ4n) is 2.53. The van der Waals surface area contributed by atoms with Gasteiger partial charge < -0.3 is 15.0 Å². The third kappa shape index (κ3) is 4.31. The number of sulfonamides is 1. The topological polar surface area (TPSA) is 126 Å². The molecule has 2 aromatic rings. The van der Waals surface area contributed by atoms with E-state index in [4.69, 9.17) is 4.74 Å². The largest absolute Gasteiger partial charge is 0.467 e. The van der Waals surface area contributed by atoms with Crippen molar-refractivity contribution in [3.63, 3.8) is 0 Å². The van der Waals surface area contributed by atoms with Gasteiger partial charge in [-0.25, -0.2) is 13.1 Å². The molecule has 27 heavy (non-hydrogen) atoms. The highest BCUT2D eigenvalue weighted by Gasteiger charge is 2.20. The van der Waals surface area contributed by atoms with Crippen LogP contribution in [0.5, 0.6) is 6.01 Å². The minimum atomic E-state index is -3.78. The molecule has 0 fully saturated rings. The number of hydrogen-bond donors (Lipinski definition) is 2. The Balaban J connectivity index is 1.79. The smallest absolute Gasteiger partial charge is 0.321 e. The van der Waals surface area contributed by atoms with Crippen LogP contribution in [0.15, 0.2) is 23.1 Å². The first-order valence-corrected chi connectivity index (χ1v) is 9.65. The van der Waals surface area contributed by atoms with Gasteiger partial charge in [0.1, 0.15) is 0 Å². The monoisotopic (exact) mass is 392 g/mol. The standard InChI is InChI=1S/C16H20N6O4S/c1-22(2)15-19-13(20-16(21-15)26-3)9-17-27(24,25)11-5-6-12-10(8-11)4-7-14(23)18-12/h5-6,8,17H,4,7,9H2,1-3H3,(H,18,23). The van der Waals surface area contributed by atoms with Crippen molar-refractivity contribution in [1.29, 1.82) is 0 Å². The predicted octanol–water partition coefficient (Wildman–Crippen LogP) is 0.309. The molecule has 0 saturated carbocycles. The highest BCUT2D eigenvalue weighted by atomic mass is 32.2. The Morgan fingerprint density at radius 3 is 2.70 bits per heavy atom. The van der Waals surface area contributed by atoms with Crippen LogP contribution < -0.4 is 19.7 Å². The molecule has 0 atom stereocenters. The van der Waals surface area contributed by atoms with E-state index in [2.05, 4.69) is 25.0 Å². The quantitative estimate of drug-likeness (QED) is 0.719. The molecule has 2 heterocycles. The van der Waals surface area contributed by atoms with Crippen molar-refractivity contribution in [2.75, 3.05) is 31.4 Å². The summed E-state index contributed by atoms with van der Waals surface area (Å²) in [6, 6.07) is 4.71. The van der Waals surface area contributed by atoms with E-state index in [1.54, 1.807) is 31.1 Å². The van der Waals surface area contributed by atoms with Gasteiger partial charge in [0.25, 0.3) is 0 Å². The molecule has 0 spiro atoms. The lowest BCUT2D eigenvalue weighted by atomic mass is 10.0. The molecule has 1 aromatic carbocycles. The second-order valence-corrected chi connectivity index (χ2v) is 7.89. The minimum Gasteiger partial charge on any atom is -0.467 e. The SMILES string of the molecule is COc1nc(CNS(=O)(=O)c2ccc3c(c2)CCC(=O)N3)nc(N(C)C)n1. The average molecular weight is 392 g/mol. The number of anilines is 2. The Labute approximate surface area is 157 Å². The lowest BCUT2D eigenvalue weighted by Gasteiger charge is -2.17. The maximum atomic E-state index is 12.6. The molecule has 144 valence electrons. The van der Waals surface area contributed by atoms with Crippen molar-refractivity contribution in [2.45, 2.75) is 24.3 Å². The van der Waals surface area contributed by atoms with Crippen LogP contribution in [0.2, 0.25) is 0 Å². The second kappa shape index (κ2) is 7.45. The average Bonchev–Trinajstić information content (AvgIpc) is 2.65. The van der Waals surface area contributed by atoms with Crippen molar-refractivity contribution in [3.05, 3.63) is 29.6 Å². The summed E-state index contributed by atoms with van der Waals surface area (Å²) < 4.78 is 32.8. The maximum Gasteiger partial charge on any atom is 0.321 e. The molecule has 1 aromatic heterocycles. The first-order valence-electron chi connectivity index (χ1n) is 8.17. The molecule has 0 saturated heterocycles. The van der Waals surface area contributed by atoms with Gasteiger partial charge >= 0.3 is 6.01 Å². The fraction of sp³-hybridized carbons (Fsp3) is 0.375. The molecule has 0 unspecified atom stereocenters. The van der Waals surface area contributed by atoms with Gasteiger partial charge in [-0.3, -0.25) is 4.79 Å². The van der Waals surface area contributed by atoms with Gasteiger partial charge in [0.05, 0.1) is 18.6 Å². The molecular formula is C16H20N6O4S. The van der Waals surface area contributed by atoms with E-state index < -0.39 is 10.0 Å². The van der Waals surface area contributed by atoms with Crippen molar-refractivity contribution in [3.8, 4) is 6.01 Å². The zero-order chi connectivity index (χ0) is 19.6. The first-order chi connectivity index (χ1) is 12.8. The zero-order valence-corrected chi connectivity index (χ0v) is 16.0. The van der Waals surface area contributed by atoms with Crippen LogP contribution >= 0.6 is 0 Å². The summed E-state index contributed by atoms with van der Waals surface area (Å²) >= 11 is 0. The van der Waals surface area contributed by atoms with Gasteiger partial charge in [0, 0.05) is 26.2 Å². The molecule has 0 radical (unpaired) electrons. The number of methoxy groups -OCH3 is 1. The van der Waals surface area contributed by atoms with Crippen LogP contribution in [0.4, 0.5) is 11.6 Å². The minimum absolute atomic E-state index is 0.0725. The Morgan fingerprint density at radius 1 is 1.22 bits per heavy atom. The lowest BCUT2D eigenvalue weighted by molar-refractivity contribution is -0.116. The molecule has 0 aliphatic carbocycles. The third-order valence-electron chi connectivity index (χ3n) is 3.93. The zero-order valence-electron chi connectivity index (χ0n) is 15.2. The number of nitrogens with one attached hydrogen (secondary N) is 2. The van der Waals surface area contributed by atoms with Gasteiger partial charge in [0.2, 0.25) is 21.9 Å². The van der Waals surface area contributed by atoms with Crippen molar-refractivity contribution in [1.82, 2.24) is 19.7 Å². The number of aryl methyl sites for hydroxylation is 1. The van der Waals surface area contributed by atoms with Gasteiger partial charge in [0.15, 0.2) is 5.82 Å². The van der Waals surface area contributed by atoms with Crippen LogP contribution in [0.3, 0.4) is 0 Å². The van der Waals surface area contributed by atoms with E-state index in [1.807, 2.05) is 0 Å². The van der Waals surface area contributed by atoms with E-state index in [0.717, 1.165) is 5.56 Å². The van der Waals surface area contributed by atoms with Crippen LogP contribution in [0, 0.1) is 0 Å². The van der Waals surface area contributed by atoms with Crippen LogP contribution in [-0.4, -0.2) is 50.5 Å². The molecule has 11 heteroatoms. The van der Waals surface area contributed by atoms with E-state index in [-0.39, 0.29) is 29.2 Å². The number of fused-ring (bicyclic) bond motifs is 1. The van der Waals surface area contributed by atoms with E-state index in [0.29, 0.717) is 24.5 Å². The Kier molecular flexibility index (Phi) is 5.24. The summed E-state index contributed by atoms with van der Waals surface area (Å²) in [6.07, 6.45) is 0.837. The number of rotatable bonds is 6. The maximum absolute atomic E-state index is 12.6. The van der Waals surface area contributed by atoms with Gasteiger partial charge in [-0.05, 0) is 30.2 Å². The Morgan fingerprint density at radius 2 is 2.00 bits per heavy atom. The lowest BCUT2D eigenvalue weighted by Crippen LogP contribution is -2.26. The van der Waals surface area contributed by atoms with Crippen LogP contribution in [0.1, 0.15) is 17.8 Å². The molecular weight excluding hydrogens is 372 g/mol. The number of carbonyl (C=O) groups is 1. The number of benzene rings is 1. The molecule has 10 nitrogen and oxygen atoms in total. The summed E-state index contributed by atoms with van der Waals surface area (Å²) in [5.41, 5.74) is 1.43. The number of nitrogens with zero attached hydrogens (tertiary/aromatic N) is 4. The number of carbonyl (C=O) groups excluding carboxylic acids is 1. The molecule has 1 amide bonds. The highest BCUT2D eigenvalue weighted by Crippen LogP contribution is 2.25. The summed E-state index contributed by atoms with van der Waals surface area (Å²) in [4.78, 5) is 25.6. The fourth-order valence-corrected chi connectivity index (χ4v) is 3.56. The third-order valence-corrected chi connectivity index (χ3v) is 5.33. The summed E-state index contributed by atoms with van der Waals surface area (Å²) in [5.74, 6) is 0.525. The molecule has 1 aliphatic rings. The number of aromatic nitrogens is 3. The molecule has 1 aliphatic heterocycles. The normalized spacial score (nSPS) is 13.7. The predicted molar refractivity (Wildman–Crippen MR) is 98.1 cm³/mol. The number of hydrogen-bond acceptors (Lipinski definition) is 8. The number of amides is 1. The first kappa shape index (κ1) is 19.0. The van der Waals surface area contributed by atoms with Crippen molar-refractivity contribution in [2.24, 2.45) is 0 Å². The Bertz CT molecular complexity index is 977. The summed E-state index contributed by atoms with van der Waals surface area (Å²) in [5, 5.41) is 2.73. The summed E-state index contributed by atoms with van der Waals surface area (Å²) in [7, 11) is 1.17.